The lowest BCUT2D eigenvalue weighted by Crippen LogP contribution is -2.16. The van der Waals surface area contributed by atoms with Crippen LogP contribution in [0.3, 0.4) is 0 Å². The molecule has 204 valence electrons. The zero-order valence-corrected chi connectivity index (χ0v) is 23.6. The standard InChI is InChI=1S/C35H35NO4/c1-22-15-24(10-13-33(22)39-20-27-18-37-27)36(25-11-14-34(23(2)16-25)40-21-28-19-38-28)26-9-12-30-29-7-5-6-8-31(29)35(3,4)32(30)17-26/h5-17,27-28H,18-21H2,1-4H3. The molecule has 0 saturated carbocycles. The number of anilines is 3. The van der Waals surface area contributed by atoms with Crippen molar-refractivity contribution in [3.63, 3.8) is 0 Å². The Morgan fingerprint density at radius 1 is 0.675 bits per heavy atom. The first-order valence-electron chi connectivity index (χ1n) is 14.1. The fourth-order valence-corrected chi connectivity index (χ4v) is 5.84. The average molecular weight is 534 g/mol. The summed E-state index contributed by atoms with van der Waals surface area (Å²) in [6.07, 6.45) is 0.453. The molecule has 2 aliphatic heterocycles. The van der Waals surface area contributed by atoms with E-state index in [1.807, 2.05) is 0 Å². The van der Waals surface area contributed by atoms with Crippen LogP contribution in [0.15, 0.2) is 78.9 Å². The molecule has 7 rings (SSSR count). The highest BCUT2D eigenvalue weighted by Gasteiger charge is 2.35. The van der Waals surface area contributed by atoms with Crippen LogP contribution in [-0.2, 0) is 14.9 Å². The molecule has 0 aromatic heterocycles. The Kier molecular flexibility index (Phi) is 6.10. The van der Waals surface area contributed by atoms with Crippen molar-refractivity contribution in [1.29, 1.82) is 0 Å². The number of fused-ring (bicyclic) bond motifs is 3. The third-order valence-corrected chi connectivity index (χ3v) is 8.31. The monoisotopic (exact) mass is 533 g/mol. The molecule has 2 unspecified atom stereocenters. The molecule has 0 spiro atoms. The highest BCUT2D eigenvalue weighted by Crippen LogP contribution is 2.50. The van der Waals surface area contributed by atoms with E-state index in [2.05, 4.69) is 111 Å². The molecule has 4 aromatic carbocycles. The Morgan fingerprint density at radius 2 is 1.18 bits per heavy atom. The maximum Gasteiger partial charge on any atom is 0.122 e. The summed E-state index contributed by atoms with van der Waals surface area (Å²) < 4.78 is 22.7. The van der Waals surface area contributed by atoms with Crippen molar-refractivity contribution in [2.24, 2.45) is 0 Å². The zero-order chi connectivity index (χ0) is 27.4. The number of hydrogen-bond acceptors (Lipinski definition) is 5. The van der Waals surface area contributed by atoms with Crippen molar-refractivity contribution in [2.75, 3.05) is 31.3 Å². The maximum absolute atomic E-state index is 6.05. The van der Waals surface area contributed by atoms with Crippen molar-refractivity contribution in [2.45, 2.75) is 45.3 Å². The van der Waals surface area contributed by atoms with Crippen LogP contribution in [0.2, 0.25) is 0 Å². The molecule has 0 bridgehead atoms. The molecule has 5 nitrogen and oxygen atoms in total. The molecule has 0 amide bonds. The summed E-state index contributed by atoms with van der Waals surface area (Å²) in [5, 5.41) is 0. The van der Waals surface area contributed by atoms with Crippen molar-refractivity contribution in [3.8, 4) is 22.6 Å². The van der Waals surface area contributed by atoms with Crippen LogP contribution in [0.25, 0.3) is 11.1 Å². The first-order valence-corrected chi connectivity index (χ1v) is 14.1. The maximum atomic E-state index is 6.05. The van der Waals surface area contributed by atoms with E-state index in [0.29, 0.717) is 13.2 Å². The third kappa shape index (κ3) is 4.63. The van der Waals surface area contributed by atoms with Gasteiger partial charge in [-0.3, -0.25) is 0 Å². The highest BCUT2D eigenvalue weighted by atomic mass is 16.6. The molecule has 0 N–H and O–H groups in total. The van der Waals surface area contributed by atoms with Gasteiger partial charge in [0.1, 0.15) is 36.9 Å². The molecule has 5 heteroatoms. The fourth-order valence-electron chi connectivity index (χ4n) is 5.84. The van der Waals surface area contributed by atoms with Crippen molar-refractivity contribution in [1.82, 2.24) is 0 Å². The second kappa shape index (κ2) is 9.69. The second-order valence-electron chi connectivity index (χ2n) is 11.7. The van der Waals surface area contributed by atoms with Gasteiger partial charge < -0.3 is 23.8 Å². The van der Waals surface area contributed by atoms with Crippen LogP contribution in [0.1, 0.15) is 36.1 Å². The molecule has 2 heterocycles. The molecule has 2 fully saturated rings. The van der Waals surface area contributed by atoms with Crippen molar-refractivity contribution in [3.05, 3.63) is 101 Å². The van der Waals surface area contributed by atoms with Gasteiger partial charge in [0.05, 0.1) is 13.2 Å². The first-order chi connectivity index (χ1) is 19.4. The van der Waals surface area contributed by atoms with Crippen molar-refractivity contribution >= 4 is 17.1 Å². The van der Waals surface area contributed by atoms with E-state index >= 15 is 0 Å². The summed E-state index contributed by atoms with van der Waals surface area (Å²) >= 11 is 0. The largest absolute Gasteiger partial charge is 0.491 e. The van der Waals surface area contributed by atoms with Gasteiger partial charge >= 0.3 is 0 Å². The number of hydrogen-bond donors (Lipinski definition) is 0. The Hall–Kier alpha value is -3.80. The number of epoxide rings is 2. The number of ether oxygens (including phenoxy) is 4. The summed E-state index contributed by atoms with van der Waals surface area (Å²) in [5.74, 6) is 1.79. The number of nitrogens with zero attached hydrogens (tertiary/aromatic N) is 1. The summed E-state index contributed by atoms with van der Waals surface area (Å²) in [5.41, 5.74) is 10.8. The van der Waals surface area contributed by atoms with Crippen LogP contribution in [0.5, 0.6) is 11.5 Å². The lowest BCUT2D eigenvalue weighted by molar-refractivity contribution is 0.262. The van der Waals surface area contributed by atoms with Crippen LogP contribution < -0.4 is 14.4 Å². The van der Waals surface area contributed by atoms with E-state index in [0.717, 1.165) is 52.9 Å². The van der Waals surface area contributed by atoms with Crippen molar-refractivity contribution < 1.29 is 18.9 Å². The van der Waals surface area contributed by atoms with Gasteiger partial charge in [-0.2, -0.15) is 0 Å². The fraction of sp³-hybridized carbons (Fsp3) is 0.314. The smallest absolute Gasteiger partial charge is 0.122 e. The molecule has 2 atom stereocenters. The van der Waals surface area contributed by atoms with Gasteiger partial charge in [-0.05, 0) is 95.8 Å². The minimum absolute atomic E-state index is 0.0788. The van der Waals surface area contributed by atoms with E-state index in [4.69, 9.17) is 18.9 Å². The van der Waals surface area contributed by atoms with Gasteiger partial charge in [0.2, 0.25) is 0 Å². The lowest BCUT2D eigenvalue weighted by Gasteiger charge is -2.29. The summed E-state index contributed by atoms with van der Waals surface area (Å²) in [4.78, 5) is 2.33. The molecule has 2 saturated heterocycles. The van der Waals surface area contributed by atoms with Gasteiger partial charge in [-0.15, -0.1) is 0 Å². The predicted molar refractivity (Wildman–Crippen MR) is 159 cm³/mol. The minimum Gasteiger partial charge on any atom is -0.491 e. The second-order valence-corrected chi connectivity index (χ2v) is 11.7. The average Bonchev–Trinajstić information content (AvgIpc) is 3.88. The number of benzene rings is 4. The number of aryl methyl sites for hydroxylation is 2. The minimum atomic E-state index is -0.0788. The molecule has 40 heavy (non-hydrogen) atoms. The summed E-state index contributed by atoms with van der Waals surface area (Å²) in [6.45, 7) is 11.6. The molecular weight excluding hydrogens is 498 g/mol. The Morgan fingerprint density at radius 3 is 1.73 bits per heavy atom. The molecular formula is C35H35NO4. The van der Waals surface area contributed by atoms with Gasteiger partial charge in [-0.25, -0.2) is 0 Å². The molecule has 1 aliphatic carbocycles. The molecule has 3 aliphatic rings. The summed E-state index contributed by atoms with van der Waals surface area (Å²) in [6, 6.07) is 28.5. The zero-order valence-electron chi connectivity index (χ0n) is 23.6. The van der Waals surface area contributed by atoms with E-state index in [-0.39, 0.29) is 17.6 Å². The van der Waals surface area contributed by atoms with Gasteiger partial charge in [0, 0.05) is 22.5 Å². The lowest BCUT2D eigenvalue weighted by atomic mass is 9.82. The SMILES string of the molecule is Cc1cc(N(c2ccc(OCC3CO3)c(C)c2)c2ccc3c(c2)C(C)(C)c2ccccc2-3)ccc1OCC1CO1. The number of rotatable bonds is 9. The topological polar surface area (TPSA) is 46.8 Å². The quantitative estimate of drug-likeness (QED) is 0.207. The first kappa shape index (κ1) is 25.2. The Balaban J connectivity index is 1.29. The van der Waals surface area contributed by atoms with E-state index in [9.17, 15) is 0 Å². The van der Waals surface area contributed by atoms with E-state index in [1.165, 1.54) is 22.3 Å². The van der Waals surface area contributed by atoms with Gasteiger partial charge in [0.25, 0.3) is 0 Å². The van der Waals surface area contributed by atoms with Crippen LogP contribution >= 0.6 is 0 Å². The molecule has 4 aromatic rings. The van der Waals surface area contributed by atoms with Crippen LogP contribution in [-0.4, -0.2) is 38.6 Å². The van der Waals surface area contributed by atoms with Crippen LogP contribution in [0, 0.1) is 13.8 Å². The summed E-state index contributed by atoms with van der Waals surface area (Å²) in [7, 11) is 0. The van der Waals surface area contributed by atoms with Gasteiger partial charge in [-0.1, -0.05) is 44.2 Å². The van der Waals surface area contributed by atoms with Crippen LogP contribution in [0.4, 0.5) is 17.1 Å². The Bertz CT molecular complexity index is 1520. The molecule has 0 radical (unpaired) electrons. The third-order valence-electron chi connectivity index (χ3n) is 8.31. The normalized spacial score (nSPS) is 19.5. The Labute approximate surface area is 236 Å². The highest BCUT2D eigenvalue weighted by molar-refractivity contribution is 5.85. The van der Waals surface area contributed by atoms with E-state index < -0.39 is 0 Å². The van der Waals surface area contributed by atoms with E-state index in [1.54, 1.807) is 0 Å². The predicted octanol–water partition coefficient (Wildman–Crippen LogP) is 7.63. The van der Waals surface area contributed by atoms with Gasteiger partial charge in [0.15, 0.2) is 0 Å².